The third kappa shape index (κ3) is 4.05. The standard InChI is InChI=1S/C26H28N4O4/c1-18-8-6-9-19(2)22(18)30-24-23(25(31)29(26(30)32)16-21-12-7-14-33-21)28(17-27-24)13-15-34-20-10-4-3-5-11-20/h3-6,8-11,17,21H,7,12-16H2,1-2H3/t21-/m0/s1. The molecule has 2 aromatic heterocycles. The first kappa shape index (κ1) is 22.2. The van der Waals surface area contributed by atoms with Crippen molar-refractivity contribution in [3.05, 3.63) is 86.8 Å². The van der Waals surface area contributed by atoms with Crippen molar-refractivity contribution in [1.29, 1.82) is 0 Å². The Labute approximate surface area is 197 Å². The van der Waals surface area contributed by atoms with Crippen molar-refractivity contribution in [3.63, 3.8) is 0 Å². The molecule has 0 radical (unpaired) electrons. The molecule has 1 aliphatic heterocycles. The van der Waals surface area contributed by atoms with Crippen LogP contribution in [0.2, 0.25) is 0 Å². The Morgan fingerprint density at radius 2 is 1.82 bits per heavy atom. The number of rotatable bonds is 7. The number of ether oxygens (including phenoxy) is 2. The highest BCUT2D eigenvalue weighted by Gasteiger charge is 2.24. The zero-order valence-corrected chi connectivity index (χ0v) is 19.4. The summed E-state index contributed by atoms with van der Waals surface area (Å²) in [6.45, 7) is 5.59. The fourth-order valence-corrected chi connectivity index (χ4v) is 4.64. The predicted molar refractivity (Wildman–Crippen MR) is 130 cm³/mol. The van der Waals surface area contributed by atoms with E-state index in [0.29, 0.717) is 30.9 Å². The Kier molecular flexibility index (Phi) is 6.06. The maximum absolute atomic E-state index is 13.7. The van der Waals surface area contributed by atoms with Gasteiger partial charge in [-0.2, -0.15) is 0 Å². The summed E-state index contributed by atoms with van der Waals surface area (Å²) in [5, 5.41) is 0. The molecule has 0 bridgehead atoms. The van der Waals surface area contributed by atoms with Crippen LogP contribution in [0, 0.1) is 13.8 Å². The molecule has 8 nitrogen and oxygen atoms in total. The lowest BCUT2D eigenvalue weighted by Gasteiger charge is -2.17. The summed E-state index contributed by atoms with van der Waals surface area (Å²) >= 11 is 0. The smallest absolute Gasteiger partial charge is 0.337 e. The largest absolute Gasteiger partial charge is 0.492 e. The third-order valence-corrected chi connectivity index (χ3v) is 6.32. The number of fused-ring (bicyclic) bond motifs is 1. The first-order chi connectivity index (χ1) is 16.5. The Morgan fingerprint density at radius 1 is 1.06 bits per heavy atom. The summed E-state index contributed by atoms with van der Waals surface area (Å²) in [4.78, 5) is 31.8. The molecule has 1 saturated heterocycles. The third-order valence-electron chi connectivity index (χ3n) is 6.32. The molecule has 1 aliphatic rings. The zero-order chi connectivity index (χ0) is 23.7. The van der Waals surface area contributed by atoms with Gasteiger partial charge in [0.05, 0.1) is 31.2 Å². The van der Waals surface area contributed by atoms with Gasteiger partial charge in [-0.3, -0.25) is 9.36 Å². The lowest BCUT2D eigenvalue weighted by Crippen LogP contribution is -2.42. The topological polar surface area (TPSA) is 80.3 Å². The average molecular weight is 461 g/mol. The van der Waals surface area contributed by atoms with Gasteiger partial charge in [0, 0.05) is 6.61 Å². The summed E-state index contributed by atoms with van der Waals surface area (Å²) in [7, 11) is 0. The van der Waals surface area contributed by atoms with Crippen molar-refractivity contribution < 1.29 is 9.47 Å². The van der Waals surface area contributed by atoms with E-state index in [0.717, 1.165) is 35.4 Å². The van der Waals surface area contributed by atoms with Crippen molar-refractivity contribution in [2.75, 3.05) is 13.2 Å². The molecular formula is C26H28N4O4. The van der Waals surface area contributed by atoms with E-state index >= 15 is 0 Å². The maximum Gasteiger partial charge on any atom is 0.337 e. The number of hydrogen-bond donors (Lipinski definition) is 0. The van der Waals surface area contributed by atoms with Crippen LogP contribution in [-0.2, 0) is 17.8 Å². The van der Waals surface area contributed by atoms with Crippen LogP contribution in [0.5, 0.6) is 5.75 Å². The SMILES string of the molecule is Cc1cccc(C)c1-n1c(=O)n(C[C@@H]2CCCO2)c(=O)c2c1ncn2CCOc1ccccc1. The van der Waals surface area contributed by atoms with Gasteiger partial charge in [0.1, 0.15) is 12.4 Å². The van der Waals surface area contributed by atoms with Gasteiger partial charge in [0.25, 0.3) is 5.56 Å². The Bertz CT molecular complexity index is 1410. The van der Waals surface area contributed by atoms with Gasteiger partial charge < -0.3 is 14.0 Å². The van der Waals surface area contributed by atoms with Crippen LogP contribution in [0.15, 0.2) is 64.4 Å². The average Bonchev–Trinajstić information content (AvgIpc) is 3.49. The number of aryl methyl sites for hydroxylation is 2. The van der Waals surface area contributed by atoms with Gasteiger partial charge in [0.2, 0.25) is 0 Å². The molecule has 0 aliphatic carbocycles. The van der Waals surface area contributed by atoms with Gasteiger partial charge in [-0.25, -0.2) is 14.3 Å². The number of aromatic nitrogens is 4. The molecule has 0 N–H and O–H groups in total. The van der Waals surface area contributed by atoms with E-state index in [1.54, 1.807) is 15.5 Å². The molecule has 3 heterocycles. The lowest BCUT2D eigenvalue weighted by atomic mass is 10.1. The molecule has 5 rings (SSSR count). The van der Waals surface area contributed by atoms with Gasteiger partial charge in [0.15, 0.2) is 11.2 Å². The number of imidazole rings is 1. The monoisotopic (exact) mass is 460 g/mol. The molecule has 0 unspecified atom stereocenters. The highest BCUT2D eigenvalue weighted by molar-refractivity contribution is 5.73. The highest BCUT2D eigenvalue weighted by atomic mass is 16.5. The van der Waals surface area contributed by atoms with E-state index in [1.165, 1.54) is 4.57 Å². The van der Waals surface area contributed by atoms with Gasteiger partial charge in [-0.1, -0.05) is 36.4 Å². The number of hydrogen-bond acceptors (Lipinski definition) is 5. The maximum atomic E-state index is 13.7. The number of para-hydroxylation sites is 2. The normalized spacial score (nSPS) is 15.8. The summed E-state index contributed by atoms with van der Waals surface area (Å²) in [5.41, 5.74) is 2.63. The second-order valence-corrected chi connectivity index (χ2v) is 8.68. The Hall–Kier alpha value is -3.65. The fraction of sp³-hybridized carbons (Fsp3) is 0.346. The molecule has 1 atom stereocenters. The summed E-state index contributed by atoms with van der Waals surface area (Å²) in [5.74, 6) is 0.759. The molecule has 4 aromatic rings. The van der Waals surface area contributed by atoms with Crippen LogP contribution in [0.1, 0.15) is 24.0 Å². The van der Waals surface area contributed by atoms with Crippen molar-refractivity contribution in [2.24, 2.45) is 0 Å². The Morgan fingerprint density at radius 3 is 2.53 bits per heavy atom. The Balaban J connectivity index is 1.63. The van der Waals surface area contributed by atoms with Crippen LogP contribution in [0.25, 0.3) is 16.9 Å². The van der Waals surface area contributed by atoms with Gasteiger partial charge in [-0.05, 0) is 49.9 Å². The second-order valence-electron chi connectivity index (χ2n) is 8.68. The van der Waals surface area contributed by atoms with Gasteiger partial charge >= 0.3 is 5.69 Å². The molecule has 0 saturated carbocycles. The first-order valence-electron chi connectivity index (χ1n) is 11.6. The van der Waals surface area contributed by atoms with Crippen molar-refractivity contribution in [3.8, 4) is 11.4 Å². The molecular weight excluding hydrogens is 432 g/mol. The van der Waals surface area contributed by atoms with Crippen molar-refractivity contribution in [2.45, 2.75) is 45.9 Å². The van der Waals surface area contributed by atoms with Crippen LogP contribution >= 0.6 is 0 Å². The predicted octanol–water partition coefficient (Wildman–Crippen LogP) is 3.22. The van der Waals surface area contributed by atoms with Crippen molar-refractivity contribution in [1.82, 2.24) is 18.7 Å². The van der Waals surface area contributed by atoms with Crippen LogP contribution in [0.3, 0.4) is 0 Å². The minimum absolute atomic E-state index is 0.146. The van der Waals surface area contributed by atoms with Crippen molar-refractivity contribution >= 4 is 11.2 Å². The van der Waals surface area contributed by atoms with Crippen LogP contribution in [0.4, 0.5) is 0 Å². The quantitative estimate of drug-likeness (QED) is 0.423. The van der Waals surface area contributed by atoms with E-state index in [4.69, 9.17) is 9.47 Å². The van der Waals surface area contributed by atoms with Gasteiger partial charge in [-0.15, -0.1) is 0 Å². The van der Waals surface area contributed by atoms with E-state index in [9.17, 15) is 9.59 Å². The molecule has 176 valence electrons. The lowest BCUT2D eigenvalue weighted by molar-refractivity contribution is 0.0950. The molecule has 2 aromatic carbocycles. The molecule has 0 spiro atoms. The molecule has 0 amide bonds. The molecule has 1 fully saturated rings. The van der Waals surface area contributed by atoms with E-state index in [2.05, 4.69) is 4.98 Å². The zero-order valence-electron chi connectivity index (χ0n) is 19.4. The van der Waals surface area contributed by atoms with E-state index < -0.39 is 5.69 Å². The summed E-state index contributed by atoms with van der Waals surface area (Å²) in [6.07, 6.45) is 3.23. The summed E-state index contributed by atoms with van der Waals surface area (Å²) in [6, 6.07) is 15.4. The number of benzene rings is 2. The second kappa shape index (κ2) is 9.30. The van der Waals surface area contributed by atoms with E-state index in [1.807, 2.05) is 62.4 Å². The summed E-state index contributed by atoms with van der Waals surface area (Å²) < 4.78 is 16.2. The minimum atomic E-state index is -0.392. The fourth-order valence-electron chi connectivity index (χ4n) is 4.64. The minimum Gasteiger partial charge on any atom is -0.492 e. The molecule has 8 heteroatoms. The van der Waals surface area contributed by atoms with Crippen LogP contribution < -0.4 is 16.0 Å². The number of nitrogens with zero attached hydrogens (tertiary/aromatic N) is 4. The highest BCUT2D eigenvalue weighted by Crippen LogP contribution is 2.21. The molecule has 34 heavy (non-hydrogen) atoms. The van der Waals surface area contributed by atoms with E-state index in [-0.39, 0.29) is 18.2 Å². The first-order valence-corrected chi connectivity index (χ1v) is 11.6. The van der Waals surface area contributed by atoms with Crippen LogP contribution in [-0.4, -0.2) is 38.0 Å².